The number of hydrogen-bond acceptors (Lipinski definition) is 2. The van der Waals surface area contributed by atoms with Gasteiger partial charge in [0.1, 0.15) is 5.75 Å². The third-order valence-electron chi connectivity index (χ3n) is 3.41. The third-order valence-corrected chi connectivity index (χ3v) is 3.41. The molecule has 2 atom stereocenters. The van der Waals surface area contributed by atoms with Gasteiger partial charge in [-0.1, -0.05) is 19.1 Å². The van der Waals surface area contributed by atoms with Crippen molar-refractivity contribution in [1.29, 1.82) is 0 Å². The van der Waals surface area contributed by atoms with Crippen LogP contribution in [-0.2, 0) is 10.2 Å². The van der Waals surface area contributed by atoms with E-state index in [1.54, 1.807) is 0 Å². The van der Waals surface area contributed by atoms with Crippen LogP contribution in [0, 0.1) is 6.92 Å². The van der Waals surface area contributed by atoms with E-state index < -0.39 is 0 Å². The van der Waals surface area contributed by atoms with Crippen LogP contribution in [-0.4, -0.2) is 11.9 Å². The Morgan fingerprint density at radius 2 is 2.29 bits per heavy atom. The molecule has 0 spiro atoms. The van der Waals surface area contributed by atoms with Gasteiger partial charge in [0.2, 0.25) is 0 Å². The maximum absolute atomic E-state index is 11.3. The summed E-state index contributed by atoms with van der Waals surface area (Å²) in [7, 11) is 0. The van der Waals surface area contributed by atoms with Gasteiger partial charge in [0.05, 0.1) is 0 Å². The highest BCUT2D eigenvalue weighted by atomic mass is 16.5. The van der Waals surface area contributed by atoms with Crippen LogP contribution in [0.5, 0.6) is 5.75 Å². The van der Waals surface area contributed by atoms with Crippen LogP contribution in [0.3, 0.4) is 0 Å². The van der Waals surface area contributed by atoms with Gasteiger partial charge < -0.3 is 4.74 Å². The van der Waals surface area contributed by atoms with E-state index in [0.29, 0.717) is 6.42 Å². The summed E-state index contributed by atoms with van der Waals surface area (Å²) in [5, 5.41) is 0. The van der Waals surface area contributed by atoms with Crippen molar-refractivity contribution in [3.8, 4) is 5.75 Å². The highest BCUT2D eigenvalue weighted by Gasteiger charge is 2.58. The zero-order valence-corrected chi connectivity index (χ0v) is 8.33. The first-order valence-corrected chi connectivity index (χ1v) is 4.92. The molecule has 1 aromatic carbocycles. The van der Waals surface area contributed by atoms with Gasteiger partial charge in [-0.15, -0.1) is 0 Å². The second-order valence-electron chi connectivity index (χ2n) is 4.56. The van der Waals surface area contributed by atoms with Crippen molar-refractivity contribution in [2.45, 2.75) is 31.8 Å². The number of carbonyl (C=O) groups excluding carboxylic acids is 1. The van der Waals surface area contributed by atoms with Crippen LogP contribution >= 0.6 is 0 Å². The van der Waals surface area contributed by atoms with Gasteiger partial charge in [0.15, 0.2) is 11.9 Å². The second-order valence-corrected chi connectivity index (χ2v) is 4.56. The largest absolute Gasteiger partial charge is 0.481 e. The predicted octanol–water partition coefficient (Wildman–Crippen LogP) is 1.99. The van der Waals surface area contributed by atoms with Gasteiger partial charge in [-0.3, -0.25) is 4.79 Å². The molecule has 1 unspecified atom stereocenters. The molecule has 3 rings (SSSR count). The molecule has 1 heterocycles. The fourth-order valence-electron chi connectivity index (χ4n) is 2.53. The quantitative estimate of drug-likeness (QED) is 0.622. The van der Waals surface area contributed by atoms with Crippen molar-refractivity contribution in [3.05, 3.63) is 29.3 Å². The van der Waals surface area contributed by atoms with E-state index in [-0.39, 0.29) is 17.3 Å². The van der Waals surface area contributed by atoms with Crippen LogP contribution in [0.25, 0.3) is 0 Å². The average molecular weight is 188 g/mol. The monoisotopic (exact) mass is 188 g/mol. The van der Waals surface area contributed by atoms with Crippen LogP contribution in [0.15, 0.2) is 18.2 Å². The van der Waals surface area contributed by atoms with Gasteiger partial charge in [-0.2, -0.15) is 0 Å². The van der Waals surface area contributed by atoms with E-state index in [1.807, 2.05) is 13.0 Å². The van der Waals surface area contributed by atoms with Crippen LogP contribution in [0.4, 0.5) is 0 Å². The minimum Gasteiger partial charge on any atom is -0.481 e. The Hall–Kier alpha value is -1.31. The molecule has 0 amide bonds. The van der Waals surface area contributed by atoms with E-state index in [4.69, 9.17) is 4.74 Å². The van der Waals surface area contributed by atoms with Gasteiger partial charge in [-0.25, -0.2) is 0 Å². The Labute approximate surface area is 82.9 Å². The lowest BCUT2D eigenvalue weighted by molar-refractivity contribution is -0.138. The van der Waals surface area contributed by atoms with Crippen LogP contribution < -0.4 is 4.74 Å². The minimum absolute atomic E-state index is 0.0416. The normalized spacial score (nSPS) is 33.0. The Morgan fingerprint density at radius 3 is 3.00 bits per heavy atom. The molecular formula is C12H12O2. The number of ketones is 1. The second kappa shape index (κ2) is 2.19. The molecule has 2 aliphatic rings. The number of benzene rings is 1. The summed E-state index contributed by atoms with van der Waals surface area (Å²) in [5.41, 5.74) is 2.34. The zero-order chi connectivity index (χ0) is 9.92. The molecule has 0 saturated heterocycles. The number of Topliss-reactive ketones (excluding diaryl/α,β-unsaturated/α-hetero) is 1. The Kier molecular flexibility index (Phi) is 1.26. The van der Waals surface area contributed by atoms with Crippen molar-refractivity contribution >= 4 is 5.78 Å². The predicted molar refractivity (Wildman–Crippen MR) is 52.6 cm³/mol. The number of rotatable bonds is 0. The van der Waals surface area contributed by atoms with Gasteiger partial charge in [-0.05, 0) is 18.6 Å². The number of aryl methyl sites for hydroxylation is 1. The number of fused-ring (bicyclic) bond motifs is 3. The lowest BCUT2D eigenvalue weighted by Crippen LogP contribution is -2.53. The summed E-state index contributed by atoms with van der Waals surface area (Å²) < 4.78 is 5.65. The van der Waals surface area contributed by atoms with Crippen molar-refractivity contribution in [2.24, 2.45) is 0 Å². The molecule has 72 valence electrons. The minimum atomic E-state index is -0.209. The van der Waals surface area contributed by atoms with E-state index >= 15 is 0 Å². The lowest BCUT2D eigenvalue weighted by Gasteiger charge is -2.38. The molecule has 2 heteroatoms. The van der Waals surface area contributed by atoms with Crippen LogP contribution in [0.2, 0.25) is 0 Å². The first kappa shape index (κ1) is 8.04. The lowest BCUT2D eigenvalue weighted by atomic mass is 9.64. The number of ether oxygens (including phenoxy) is 1. The number of hydrogen-bond donors (Lipinski definition) is 0. The van der Waals surface area contributed by atoms with E-state index in [2.05, 4.69) is 19.1 Å². The van der Waals surface area contributed by atoms with Gasteiger partial charge in [0.25, 0.3) is 0 Å². The molecule has 0 radical (unpaired) electrons. The summed E-state index contributed by atoms with van der Waals surface area (Å²) in [6, 6.07) is 6.20. The number of carbonyl (C=O) groups is 1. The van der Waals surface area contributed by atoms with Crippen molar-refractivity contribution in [3.63, 3.8) is 0 Å². The summed E-state index contributed by atoms with van der Waals surface area (Å²) >= 11 is 0. The fourth-order valence-corrected chi connectivity index (χ4v) is 2.53. The fraction of sp³-hybridized carbons (Fsp3) is 0.417. The summed E-state index contributed by atoms with van der Waals surface area (Å²) in [4.78, 5) is 11.3. The summed E-state index contributed by atoms with van der Waals surface area (Å²) in [6.45, 7) is 4.15. The van der Waals surface area contributed by atoms with E-state index in [0.717, 1.165) is 5.75 Å². The summed E-state index contributed by atoms with van der Waals surface area (Å²) in [6.07, 6.45) is 0.424. The molecule has 0 aromatic heterocycles. The standard InChI is InChI=1S/C12H12O2/c1-7-3-4-8-10(5-7)14-11-9(13)6-12(8,11)2/h3-5,11H,6H2,1-2H3/t11?,12-/m0/s1. The van der Waals surface area contributed by atoms with E-state index in [9.17, 15) is 4.79 Å². The highest BCUT2D eigenvalue weighted by molar-refractivity contribution is 5.95. The zero-order valence-electron chi connectivity index (χ0n) is 8.33. The molecule has 2 nitrogen and oxygen atoms in total. The third kappa shape index (κ3) is 0.746. The topological polar surface area (TPSA) is 26.3 Å². The molecular weight excluding hydrogens is 176 g/mol. The maximum Gasteiger partial charge on any atom is 0.175 e. The molecule has 0 bridgehead atoms. The average Bonchev–Trinajstić information content (AvgIpc) is 2.35. The maximum atomic E-state index is 11.3. The van der Waals surface area contributed by atoms with Crippen molar-refractivity contribution in [1.82, 2.24) is 0 Å². The molecule has 1 aliphatic heterocycles. The Bertz CT molecular complexity index is 436. The smallest absolute Gasteiger partial charge is 0.175 e. The molecule has 1 aliphatic carbocycles. The molecule has 0 N–H and O–H groups in total. The van der Waals surface area contributed by atoms with Crippen LogP contribution in [0.1, 0.15) is 24.5 Å². The molecule has 1 saturated carbocycles. The molecule has 1 aromatic rings. The Morgan fingerprint density at radius 1 is 1.50 bits per heavy atom. The first-order valence-electron chi connectivity index (χ1n) is 4.92. The molecule has 14 heavy (non-hydrogen) atoms. The van der Waals surface area contributed by atoms with Crippen molar-refractivity contribution < 1.29 is 9.53 Å². The van der Waals surface area contributed by atoms with Gasteiger partial charge >= 0.3 is 0 Å². The summed E-state index contributed by atoms with van der Waals surface area (Å²) in [5.74, 6) is 1.14. The van der Waals surface area contributed by atoms with Gasteiger partial charge in [0, 0.05) is 17.4 Å². The Balaban J connectivity index is 2.16. The highest BCUT2D eigenvalue weighted by Crippen LogP contribution is 2.52. The van der Waals surface area contributed by atoms with E-state index in [1.165, 1.54) is 11.1 Å². The first-order chi connectivity index (χ1) is 6.61. The van der Waals surface area contributed by atoms with Crippen molar-refractivity contribution in [2.75, 3.05) is 0 Å². The molecule has 1 fully saturated rings. The SMILES string of the molecule is Cc1ccc2c(c1)OC1C(=O)C[C@@]21C.